The monoisotopic (exact) mass is 364 g/mol. The number of rotatable bonds is 5. The minimum atomic E-state index is -0.206. The number of ketones is 1. The molecule has 0 radical (unpaired) electrons. The van der Waals surface area contributed by atoms with Crippen LogP contribution in [-0.4, -0.2) is 24.8 Å². The third-order valence-corrected chi connectivity index (χ3v) is 4.07. The number of hydrogen-bond donors (Lipinski definition) is 0. The maximum atomic E-state index is 12.1. The summed E-state index contributed by atoms with van der Waals surface area (Å²) in [5, 5.41) is 0. The predicted molar refractivity (Wildman–Crippen MR) is 74.6 cm³/mol. The van der Waals surface area contributed by atoms with Crippen LogP contribution in [0, 0.1) is 0 Å². The van der Waals surface area contributed by atoms with Crippen LogP contribution >= 0.6 is 31.9 Å². The van der Waals surface area contributed by atoms with Crippen LogP contribution in [0.2, 0.25) is 0 Å². The fourth-order valence-electron chi connectivity index (χ4n) is 1.41. The van der Waals surface area contributed by atoms with Crippen LogP contribution in [-0.2, 0) is 0 Å². The van der Waals surface area contributed by atoms with Gasteiger partial charge in [-0.3, -0.25) is 4.79 Å². The highest BCUT2D eigenvalue weighted by atomic mass is 79.9. The number of Topliss-reactive ketones (excluding diaryl/α,β-unsaturated/α-hetero) is 1. The van der Waals surface area contributed by atoms with E-state index in [1.807, 2.05) is 6.92 Å². The Kier molecular flexibility index (Phi) is 5.46. The van der Waals surface area contributed by atoms with E-state index in [0.717, 1.165) is 10.9 Å². The van der Waals surface area contributed by atoms with Crippen molar-refractivity contribution in [3.63, 3.8) is 0 Å². The van der Waals surface area contributed by atoms with E-state index in [-0.39, 0.29) is 10.6 Å². The second kappa shape index (κ2) is 6.40. The number of methoxy groups -OCH3 is 2. The van der Waals surface area contributed by atoms with Crippen LogP contribution < -0.4 is 9.47 Å². The highest BCUT2D eigenvalue weighted by Gasteiger charge is 2.21. The van der Waals surface area contributed by atoms with Gasteiger partial charge in [0.05, 0.1) is 29.1 Å². The normalized spacial score (nSPS) is 12.1. The smallest absolute Gasteiger partial charge is 0.180 e. The summed E-state index contributed by atoms with van der Waals surface area (Å²) >= 11 is 6.71. The van der Waals surface area contributed by atoms with Gasteiger partial charge in [0.15, 0.2) is 5.78 Å². The molecule has 0 amide bonds. The fraction of sp³-hybridized carbons (Fsp3) is 0.417. The first-order chi connectivity index (χ1) is 8.04. The van der Waals surface area contributed by atoms with Crippen molar-refractivity contribution in [1.29, 1.82) is 0 Å². The molecule has 1 unspecified atom stereocenters. The maximum absolute atomic E-state index is 12.1. The lowest BCUT2D eigenvalue weighted by Crippen LogP contribution is -2.14. The summed E-state index contributed by atoms with van der Waals surface area (Å²) < 4.78 is 11.2. The molecular formula is C12H14Br2O3. The maximum Gasteiger partial charge on any atom is 0.180 e. The van der Waals surface area contributed by atoms with Gasteiger partial charge in [-0.2, -0.15) is 0 Å². The fourth-order valence-corrected chi connectivity index (χ4v) is 2.14. The van der Waals surface area contributed by atoms with Gasteiger partial charge < -0.3 is 9.47 Å². The highest BCUT2D eigenvalue weighted by Crippen LogP contribution is 2.34. The average molecular weight is 366 g/mol. The number of benzene rings is 1. The van der Waals surface area contributed by atoms with Gasteiger partial charge in [0.1, 0.15) is 11.5 Å². The summed E-state index contributed by atoms with van der Waals surface area (Å²) in [5.74, 6) is 1.15. The van der Waals surface area contributed by atoms with Crippen molar-refractivity contribution >= 4 is 37.6 Å². The van der Waals surface area contributed by atoms with E-state index in [0.29, 0.717) is 17.1 Å². The molecule has 0 bridgehead atoms. The number of ether oxygens (including phenoxy) is 2. The first-order valence-electron chi connectivity index (χ1n) is 5.14. The van der Waals surface area contributed by atoms with E-state index >= 15 is 0 Å². The van der Waals surface area contributed by atoms with Crippen LogP contribution in [0.3, 0.4) is 0 Å². The molecule has 0 saturated carbocycles. The first kappa shape index (κ1) is 14.5. The largest absolute Gasteiger partial charge is 0.496 e. The van der Waals surface area contributed by atoms with Crippen LogP contribution in [0.15, 0.2) is 16.6 Å². The molecule has 1 rings (SSSR count). The van der Waals surface area contributed by atoms with Gasteiger partial charge in [0.2, 0.25) is 0 Å². The third kappa shape index (κ3) is 3.22. The number of carbonyl (C=O) groups is 1. The lowest BCUT2D eigenvalue weighted by Gasteiger charge is -2.13. The van der Waals surface area contributed by atoms with E-state index in [1.165, 1.54) is 0 Å². The Bertz CT molecular complexity index is 418. The van der Waals surface area contributed by atoms with Crippen molar-refractivity contribution in [1.82, 2.24) is 0 Å². The van der Waals surface area contributed by atoms with Crippen LogP contribution in [0.25, 0.3) is 0 Å². The number of alkyl halides is 1. The van der Waals surface area contributed by atoms with Gasteiger partial charge in [0, 0.05) is 0 Å². The van der Waals surface area contributed by atoms with Crippen molar-refractivity contribution in [2.45, 2.75) is 18.2 Å². The van der Waals surface area contributed by atoms with E-state index in [4.69, 9.17) is 9.47 Å². The molecule has 0 N–H and O–H groups in total. The minimum Gasteiger partial charge on any atom is -0.496 e. The van der Waals surface area contributed by atoms with Crippen molar-refractivity contribution in [2.24, 2.45) is 0 Å². The number of carbonyl (C=O) groups excluding carboxylic acids is 1. The average Bonchev–Trinajstić information content (AvgIpc) is 2.36. The van der Waals surface area contributed by atoms with Gasteiger partial charge in [-0.05, 0) is 34.5 Å². The van der Waals surface area contributed by atoms with Crippen LogP contribution in [0.5, 0.6) is 11.5 Å². The molecule has 1 aromatic rings. The Morgan fingerprint density at radius 2 is 1.88 bits per heavy atom. The second-order valence-corrected chi connectivity index (χ2v) is 5.39. The Morgan fingerprint density at radius 3 is 2.35 bits per heavy atom. The highest BCUT2D eigenvalue weighted by molar-refractivity contribution is 9.10. The van der Waals surface area contributed by atoms with E-state index in [1.54, 1.807) is 26.4 Å². The van der Waals surface area contributed by atoms with E-state index in [9.17, 15) is 4.79 Å². The number of hydrogen-bond acceptors (Lipinski definition) is 3. The SMILES string of the molecule is CCC(Br)C(=O)c1cc(OC)c(Br)cc1OC. The zero-order valence-electron chi connectivity index (χ0n) is 9.92. The molecule has 0 aliphatic rings. The molecule has 17 heavy (non-hydrogen) atoms. The van der Waals surface area contributed by atoms with Crippen LogP contribution in [0.4, 0.5) is 0 Å². The van der Waals surface area contributed by atoms with E-state index < -0.39 is 0 Å². The molecule has 0 spiro atoms. The van der Waals surface area contributed by atoms with Gasteiger partial charge >= 0.3 is 0 Å². The molecule has 0 fully saturated rings. The standard InChI is InChI=1S/C12H14Br2O3/c1-4-8(13)12(15)7-5-11(17-3)9(14)6-10(7)16-2/h5-6,8H,4H2,1-3H3. The first-order valence-corrected chi connectivity index (χ1v) is 6.85. The summed E-state index contributed by atoms with van der Waals surface area (Å²) in [7, 11) is 3.10. The Hall–Kier alpha value is -0.550. The second-order valence-electron chi connectivity index (χ2n) is 3.43. The molecule has 0 saturated heterocycles. The van der Waals surface area contributed by atoms with E-state index in [2.05, 4.69) is 31.9 Å². The van der Waals surface area contributed by atoms with Crippen molar-refractivity contribution in [3.05, 3.63) is 22.2 Å². The molecule has 1 aromatic carbocycles. The van der Waals surface area contributed by atoms with Gasteiger partial charge in [-0.15, -0.1) is 0 Å². The molecule has 0 aromatic heterocycles. The minimum absolute atomic E-state index is 0.00449. The van der Waals surface area contributed by atoms with Gasteiger partial charge in [-0.1, -0.05) is 22.9 Å². The zero-order valence-corrected chi connectivity index (χ0v) is 13.1. The molecule has 94 valence electrons. The van der Waals surface area contributed by atoms with Gasteiger partial charge in [0.25, 0.3) is 0 Å². The topological polar surface area (TPSA) is 35.5 Å². The molecule has 3 nitrogen and oxygen atoms in total. The predicted octanol–water partition coefficient (Wildman–Crippen LogP) is 3.82. The molecule has 1 atom stereocenters. The molecule has 5 heteroatoms. The Morgan fingerprint density at radius 1 is 1.29 bits per heavy atom. The summed E-state index contributed by atoms with van der Waals surface area (Å²) in [4.78, 5) is 11.9. The summed E-state index contributed by atoms with van der Waals surface area (Å²) in [6.07, 6.45) is 0.723. The van der Waals surface area contributed by atoms with Crippen molar-refractivity contribution < 1.29 is 14.3 Å². The third-order valence-electron chi connectivity index (χ3n) is 2.38. The Balaban J connectivity index is 3.25. The van der Waals surface area contributed by atoms with Crippen molar-refractivity contribution in [3.8, 4) is 11.5 Å². The molecule has 0 aliphatic carbocycles. The zero-order chi connectivity index (χ0) is 13.0. The summed E-state index contributed by atoms with van der Waals surface area (Å²) in [6.45, 7) is 1.94. The lowest BCUT2D eigenvalue weighted by molar-refractivity contribution is 0.0987. The molecule has 0 heterocycles. The Labute approximate surface area is 118 Å². The summed E-state index contributed by atoms with van der Waals surface area (Å²) in [5.41, 5.74) is 0.524. The van der Waals surface area contributed by atoms with Gasteiger partial charge in [-0.25, -0.2) is 0 Å². The molecule has 0 aliphatic heterocycles. The quantitative estimate of drug-likeness (QED) is 0.587. The summed E-state index contributed by atoms with van der Waals surface area (Å²) in [6, 6.07) is 3.43. The molecular weight excluding hydrogens is 352 g/mol. The van der Waals surface area contributed by atoms with Crippen molar-refractivity contribution in [2.75, 3.05) is 14.2 Å². The van der Waals surface area contributed by atoms with Crippen LogP contribution in [0.1, 0.15) is 23.7 Å². The lowest BCUT2D eigenvalue weighted by atomic mass is 10.1. The number of halogens is 2.